The molecule has 16 heavy (non-hydrogen) atoms. The van der Waals surface area contributed by atoms with Gasteiger partial charge in [-0.2, -0.15) is 8.78 Å². The SMILES string of the molecule is CCOC(=O)C(F)(F)OCc1ccccn1. The minimum atomic E-state index is -3.94. The summed E-state index contributed by atoms with van der Waals surface area (Å²) in [5.74, 6) is -1.69. The molecule has 1 heterocycles. The van der Waals surface area contributed by atoms with Crippen molar-refractivity contribution in [3.05, 3.63) is 30.1 Å². The maximum Gasteiger partial charge on any atom is 0.456 e. The van der Waals surface area contributed by atoms with Crippen LogP contribution in [0.25, 0.3) is 0 Å². The van der Waals surface area contributed by atoms with Crippen molar-refractivity contribution in [1.29, 1.82) is 0 Å². The van der Waals surface area contributed by atoms with Crippen LogP contribution in [0.4, 0.5) is 8.78 Å². The summed E-state index contributed by atoms with van der Waals surface area (Å²) >= 11 is 0. The second-order valence-corrected chi connectivity index (χ2v) is 2.85. The smallest absolute Gasteiger partial charge is 0.456 e. The lowest BCUT2D eigenvalue weighted by atomic mass is 10.4. The van der Waals surface area contributed by atoms with Crippen molar-refractivity contribution in [3.63, 3.8) is 0 Å². The Morgan fingerprint density at radius 2 is 2.25 bits per heavy atom. The zero-order chi connectivity index (χ0) is 12.0. The highest BCUT2D eigenvalue weighted by Crippen LogP contribution is 2.19. The lowest BCUT2D eigenvalue weighted by Gasteiger charge is -2.14. The van der Waals surface area contributed by atoms with Crippen molar-refractivity contribution in [2.75, 3.05) is 6.61 Å². The Hall–Kier alpha value is -1.56. The monoisotopic (exact) mass is 231 g/mol. The molecule has 6 heteroatoms. The van der Waals surface area contributed by atoms with E-state index in [-0.39, 0.29) is 6.61 Å². The minimum Gasteiger partial charge on any atom is -0.460 e. The van der Waals surface area contributed by atoms with E-state index < -0.39 is 18.7 Å². The van der Waals surface area contributed by atoms with Crippen molar-refractivity contribution in [3.8, 4) is 0 Å². The van der Waals surface area contributed by atoms with Crippen LogP contribution < -0.4 is 0 Å². The Labute approximate surface area is 91.2 Å². The first-order chi connectivity index (χ1) is 7.56. The lowest BCUT2D eigenvalue weighted by Crippen LogP contribution is -2.33. The zero-order valence-corrected chi connectivity index (χ0v) is 8.65. The standard InChI is InChI=1S/C10H11F2NO3/c1-2-15-9(14)10(11,12)16-7-8-5-3-4-6-13-8/h3-6H,2,7H2,1H3. The summed E-state index contributed by atoms with van der Waals surface area (Å²) in [5.41, 5.74) is 0.312. The fourth-order valence-electron chi connectivity index (χ4n) is 0.922. The van der Waals surface area contributed by atoms with Gasteiger partial charge in [-0.05, 0) is 19.1 Å². The molecule has 0 aliphatic carbocycles. The topological polar surface area (TPSA) is 48.4 Å². The minimum absolute atomic E-state index is 0.124. The van der Waals surface area contributed by atoms with Crippen molar-refractivity contribution >= 4 is 5.97 Å². The maximum absolute atomic E-state index is 13.0. The number of halogens is 2. The van der Waals surface area contributed by atoms with E-state index in [1.165, 1.54) is 19.2 Å². The molecular formula is C10H11F2NO3. The molecule has 0 bridgehead atoms. The van der Waals surface area contributed by atoms with Crippen LogP contribution in [0, 0.1) is 0 Å². The van der Waals surface area contributed by atoms with Crippen LogP contribution in [0.3, 0.4) is 0 Å². The fourth-order valence-corrected chi connectivity index (χ4v) is 0.922. The number of nitrogens with zero attached hydrogens (tertiary/aromatic N) is 1. The van der Waals surface area contributed by atoms with Crippen LogP contribution >= 0.6 is 0 Å². The lowest BCUT2D eigenvalue weighted by molar-refractivity contribution is -0.254. The Balaban J connectivity index is 2.51. The summed E-state index contributed by atoms with van der Waals surface area (Å²) in [6, 6.07) is 4.79. The van der Waals surface area contributed by atoms with Crippen LogP contribution in [-0.2, 0) is 20.9 Å². The molecule has 0 saturated carbocycles. The molecule has 0 atom stereocenters. The molecule has 0 fully saturated rings. The number of carbonyl (C=O) groups excluding carboxylic acids is 1. The van der Waals surface area contributed by atoms with Gasteiger partial charge in [0.15, 0.2) is 0 Å². The second kappa shape index (κ2) is 5.50. The van der Waals surface area contributed by atoms with Crippen molar-refractivity contribution in [2.45, 2.75) is 19.6 Å². The Morgan fingerprint density at radius 1 is 1.50 bits per heavy atom. The number of hydrogen-bond acceptors (Lipinski definition) is 4. The number of ether oxygens (including phenoxy) is 2. The molecule has 88 valence electrons. The highest BCUT2D eigenvalue weighted by atomic mass is 19.3. The van der Waals surface area contributed by atoms with Crippen LogP contribution in [0.2, 0.25) is 0 Å². The molecule has 0 spiro atoms. The van der Waals surface area contributed by atoms with Gasteiger partial charge in [0.25, 0.3) is 0 Å². The molecule has 0 N–H and O–H groups in total. The summed E-state index contributed by atoms with van der Waals surface area (Å²) in [7, 11) is 0. The van der Waals surface area contributed by atoms with Gasteiger partial charge in [0, 0.05) is 6.20 Å². The van der Waals surface area contributed by atoms with E-state index in [1.807, 2.05) is 0 Å². The average Bonchev–Trinajstić information content (AvgIpc) is 2.28. The van der Waals surface area contributed by atoms with E-state index in [2.05, 4.69) is 14.5 Å². The van der Waals surface area contributed by atoms with Crippen LogP contribution in [-0.4, -0.2) is 23.7 Å². The largest absolute Gasteiger partial charge is 0.460 e. The van der Waals surface area contributed by atoms with E-state index in [9.17, 15) is 13.6 Å². The average molecular weight is 231 g/mol. The van der Waals surface area contributed by atoms with Crippen molar-refractivity contribution < 1.29 is 23.0 Å². The molecule has 4 nitrogen and oxygen atoms in total. The van der Waals surface area contributed by atoms with Gasteiger partial charge in [0.1, 0.15) is 0 Å². The molecular weight excluding hydrogens is 220 g/mol. The first-order valence-corrected chi connectivity index (χ1v) is 4.65. The van der Waals surface area contributed by atoms with Crippen molar-refractivity contribution in [1.82, 2.24) is 4.98 Å². The number of aromatic nitrogens is 1. The third kappa shape index (κ3) is 3.54. The van der Waals surface area contributed by atoms with E-state index in [0.717, 1.165) is 0 Å². The fraction of sp³-hybridized carbons (Fsp3) is 0.400. The Kier molecular flexibility index (Phi) is 4.30. The quantitative estimate of drug-likeness (QED) is 0.724. The van der Waals surface area contributed by atoms with Gasteiger partial charge < -0.3 is 9.47 Å². The normalized spacial score (nSPS) is 11.2. The Morgan fingerprint density at radius 3 is 2.81 bits per heavy atom. The zero-order valence-electron chi connectivity index (χ0n) is 8.65. The number of hydrogen-bond donors (Lipinski definition) is 0. The van der Waals surface area contributed by atoms with E-state index >= 15 is 0 Å². The van der Waals surface area contributed by atoms with E-state index in [1.54, 1.807) is 12.1 Å². The second-order valence-electron chi connectivity index (χ2n) is 2.85. The van der Waals surface area contributed by atoms with Gasteiger partial charge in [-0.3, -0.25) is 4.98 Å². The predicted octanol–water partition coefficient (Wildman–Crippen LogP) is 1.75. The van der Waals surface area contributed by atoms with Gasteiger partial charge in [-0.25, -0.2) is 4.79 Å². The van der Waals surface area contributed by atoms with Crippen LogP contribution in [0.15, 0.2) is 24.4 Å². The molecule has 1 rings (SSSR count). The summed E-state index contributed by atoms with van der Waals surface area (Å²) in [6.07, 6.45) is -2.49. The molecule has 0 aromatic carbocycles. The molecule has 0 aliphatic heterocycles. The molecule has 1 aromatic rings. The summed E-state index contributed by atoms with van der Waals surface area (Å²) < 4.78 is 34.3. The molecule has 0 amide bonds. The molecule has 0 saturated heterocycles. The number of pyridine rings is 1. The van der Waals surface area contributed by atoms with Crippen molar-refractivity contribution in [2.24, 2.45) is 0 Å². The highest BCUT2D eigenvalue weighted by molar-refractivity contribution is 5.75. The van der Waals surface area contributed by atoms with Gasteiger partial charge in [0.2, 0.25) is 0 Å². The number of esters is 1. The first-order valence-electron chi connectivity index (χ1n) is 4.65. The van der Waals surface area contributed by atoms with Gasteiger partial charge in [0.05, 0.1) is 18.9 Å². The molecule has 1 aromatic heterocycles. The molecule has 0 radical (unpaired) electrons. The van der Waals surface area contributed by atoms with Gasteiger partial charge in [-0.1, -0.05) is 6.07 Å². The van der Waals surface area contributed by atoms with Crippen LogP contribution in [0.5, 0.6) is 0 Å². The summed E-state index contributed by atoms with van der Waals surface area (Å²) in [4.78, 5) is 14.5. The highest BCUT2D eigenvalue weighted by Gasteiger charge is 2.42. The summed E-state index contributed by atoms with van der Waals surface area (Å²) in [5, 5.41) is 0. The molecule has 0 unspecified atom stereocenters. The number of rotatable bonds is 5. The Bertz CT molecular complexity index is 343. The van der Waals surface area contributed by atoms with E-state index in [4.69, 9.17) is 0 Å². The number of alkyl halides is 2. The summed E-state index contributed by atoms with van der Waals surface area (Å²) in [6.45, 7) is 0.862. The predicted molar refractivity (Wildman–Crippen MR) is 50.6 cm³/mol. The maximum atomic E-state index is 13.0. The first kappa shape index (κ1) is 12.5. The third-order valence-corrected chi connectivity index (χ3v) is 1.64. The van der Waals surface area contributed by atoms with E-state index in [0.29, 0.717) is 5.69 Å². The third-order valence-electron chi connectivity index (χ3n) is 1.64. The molecule has 0 aliphatic rings. The number of carbonyl (C=O) groups is 1. The van der Waals surface area contributed by atoms with Gasteiger partial charge in [-0.15, -0.1) is 0 Å². The van der Waals surface area contributed by atoms with Crippen LogP contribution in [0.1, 0.15) is 12.6 Å². The van der Waals surface area contributed by atoms with Gasteiger partial charge >= 0.3 is 12.1 Å².